The van der Waals surface area contributed by atoms with E-state index >= 15 is 0 Å². The van der Waals surface area contributed by atoms with E-state index in [1.165, 1.54) is 197 Å². The van der Waals surface area contributed by atoms with Crippen molar-refractivity contribution in [2.24, 2.45) is 0 Å². The van der Waals surface area contributed by atoms with E-state index in [2.05, 4.69) is 536 Å². The van der Waals surface area contributed by atoms with Crippen molar-refractivity contribution in [2.45, 2.75) is 0 Å². The Hall–Kier alpha value is -18.8. The topological polar surface area (TPSA) is 53.5 Å². The van der Waals surface area contributed by atoms with Crippen LogP contribution in [0.5, 0.6) is 0 Å². The second-order valence-electron chi connectivity index (χ2n) is 36.2. The minimum Gasteiger partial charge on any atom is -0.309 e. The van der Waals surface area contributed by atoms with Crippen molar-refractivity contribution in [3.8, 4) is 129 Å². The molecule has 0 bridgehead atoms. The van der Waals surface area contributed by atoms with Crippen LogP contribution in [0.2, 0.25) is 0 Å². The highest BCUT2D eigenvalue weighted by molar-refractivity contribution is 6.25. The fourth-order valence-electron chi connectivity index (χ4n) is 22.1. The Kier molecular flexibility index (Phi) is 20.9. The second kappa shape index (κ2) is 35.5. The second-order valence-corrected chi connectivity index (χ2v) is 36.2. The van der Waals surface area contributed by atoms with Crippen LogP contribution in [0.4, 0.5) is 0 Å². The molecule has 0 spiro atoms. The monoisotopic (exact) mass is 1790 g/mol. The van der Waals surface area contributed by atoms with Crippen molar-refractivity contribution >= 4 is 130 Å². The molecule has 0 aliphatic carbocycles. The highest BCUT2D eigenvalue weighted by Gasteiger charge is 2.25. The average molecular weight is 1790 g/mol. The van der Waals surface area contributed by atoms with E-state index in [1.807, 2.05) is 12.4 Å². The molecule has 0 unspecified atom stereocenters. The normalized spacial score (nSPS) is 11.5. The number of fused-ring (bicyclic) bond motifs is 15. The first-order valence-electron chi connectivity index (χ1n) is 48.3. The molecule has 0 saturated carbocycles. The Morgan fingerprint density at radius 2 is 0.362 bits per heavy atom. The molecule has 0 aliphatic heterocycles. The van der Waals surface area contributed by atoms with Gasteiger partial charge in [-0.15, -0.1) is 0 Å². The molecular weight excluding hydrogens is 1710 g/mol. The van der Waals surface area contributed by atoms with Gasteiger partial charge in [0.2, 0.25) is 0 Å². The summed E-state index contributed by atoms with van der Waals surface area (Å²) < 4.78 is 7.06. The molecule has 0 saturated heterocycles. The third-order valence-electron chi connectivity index (χ3n) is 28.3. The van der Waals surface area contributed by atoms with Gasteiger partial charge in [0, 0.05) is 101 Å². The van der Waals surface area contributed by atoms with E-state index in [4.69, 9.17) is 15.0 Å². The third kappa shape index (κ3) is 14.5. The molecule has 141 heavy (non-hydrogen) atoms. The smallest absolute Gasteiger partial charge is 0.0709 e. The van der Waals surface area contributed by atoms with Gasteiger partial charge < -0.3 is 13.7 Å². The predicted octanol–water partition coefficient (Wildman–Crippen LogP) is 36.1. The summed E-state index contributed by atoms with van der Waals surface area (Å²) >= 11 is 0. The zero-order valence-corrected chi connectivity index (χ0v) is 77.0. The van der Waals surface area contributed by atoms with Crippen LogP contribution in [0.15, 0.2) is 534 Å². The van der Waals surface area contributed by atoms with Crippen LogP contribution in [0.1, 0.15) is 0 Å². The van der Waals surface area contributed by atoms with Gasteiger partial charge in [-0.1, -0.05) is 413 Å². The minimum atomic E-state index is 0.959. The first-order chi connectivity index (χ1) is 70.0. The van der Waals surface area contributed by atoms with Gasteiger partial charge in [0.1, 0.15) is 0 Å². The zero-order valence-electron chi connectivity index (χ0n) is 77.0. The molecule has 6 aromatic heterocycles. The summed E-state index contributed by atoms with van der Waals surface area (Å²) in [6.07, 6.45) is 6.14. The van der Waals surface area contributed by atoms with Crippen molar-refractivity contribution in [3.05, 3.63) is 534 Å². The minimum absolute atomic E-state index is 0.959. The molecule has 0 radical (unpaired) electrons. The van der Waals surface area contributed by atoms with Crippen molar-refractivity contribution in [2.75, 3.05) is 0 Å². The number of nitrogens with zero attached hydrogens (tertiary/aromatic N) is 6. The van der Waals surface area contributed by atoms with Gasteiger partial charge in [0.05, 0.1) is 50.2 Å². The van der Waals surface area contributed by atoms with Crippen LogP contribution in [0.25, 0.3) is 259 Å². The van der Waals surface area contributed by atoms with E-state index < -0.39 is 0 Å². The van der Waals surface area contributed by atoms with Crippen LogP contribution in [-0.4, -0.2) is 28.7 Å². The van der Waals surface area contributed by atoms with Gasteiger partial charge in [-0.2, -0.15) is 0 Å². The Labute approximate surface area is 815 Å². The molecule has 28 rings (SSSR count). The fourth-order valence-corrected chi connectivity index (χ4v) is 22.1. The van der Waals surface area contributed by atoms with Crippen LogP contribution >= 0.6 is 0 Å². The van der Waals surface area contributed by atoms with Crippen LogP contribution in [-0.2, 0) is 0 Å². The maximum atomic E-state index is 5.15. The summed E-state index contributed by atoms with van der Waals surface area (Å²) in [6, 6.07) is 185. The molecular formula is C135H88N6. The standard InChI is InChI=1S/C49H32N2.2C43H28N2/c1-3-13-35(14-4-1)48-40-18-7-9-20-42(40)49(43-21-10-8-19-41(43)48)37-27-29-45(50-32-37)34-25-23-33(24-26-34)36-28-30-47-44(31-36)39-17-11-12-22-46(39)51(47)38-15-5-2-6-16-38;1-3-14-29(15-4-1)41-32-18-7-9-20-34(32)42(35-21-10-8-19-33(35)41)30-26-27-38(44-28-30)36-23-13-25-40-43(36)37-22-11-12-24-39(37)45(40)31-16-5-2-6-17-31;1-3-13-29(14-4-1)42-34-18-7-9-20-36(34)43(37-21-10-8-19-35(37)42)31-23-25-39(44-28-31)30-24-26-41-38(27-30)33-17-11-12-22-40(33)45(41)32-15-5-2-6-16-32/h1-32H;2*1-28H. The molecule has 28 aromatic rings. The summed E-state index contributed by atoms with van der Waals surface area (Å²) in [4.78, 5) is 15.2. The first-order valence-corrected chi connectivity index (χ1v) is 48.3. The van der Waals surface area contributed by atoms with Gasteiger partial charge in [-0.3, -0.25) is 15.0 Å². The predicted molar refractivity (Wildman–Crippen MR) is 595 cm³/mol. The highest BCUT2D eigenvalue weighted by atomic mass is 15.0. The maximum absolute atomic E-state index is 5.15. The van der Waals surface area contributed by atoms with Crippen LogP contribution in [0.3, 0.4) is 0 Å². The van der Waals surface area contributed by atoms with Crippen molar-refractivity contribution < 1.29 is 0 Å². The third-order valence-corrected chi connectivity index (χ3v) is 28.3. The SMILES string of the molecule is c1ccc(-c2c3ccccc3c(-c3ccc(-c4ccc(-c5ccc6c(c5)c5ccccc5n6-c5ccccc5)cc4)nc3)c3ccccc23)cc1.c1ccc(-c2c3ccccc3c(-c3ccc(-c4ccc5c(c4)c4ccccc4n5-c4ccccc4)nc3)c3ccccc23)cc1.c1ccc(-c2c3ccccc3c(-c3ccc(-c4cccc5c4c4ccccc4n5-c4ccccc4)nc3)c3ccccc23)cc1. The maximum Gasteiger partial charge on any atom is 0.0709 e. The highest BCUT2D eigenvalue weighted by Crippen LogP contribution is 2.50. The quantitative estimate of drug-likeness (QED) is 0.108. The van der Waals surface area contributed by atoms with Gasteiger partial charge in [0.15, 0.2) is 0 Å². The summed E-state index contributed by atoms with van der Waals surface area (Å²) in [5.41, 5.74) is 33.8. The lowest BCUT2D eigenvalue weighted by atomic mass is 9.86. The number of para-hydroxylation sites is 6. The van der Waals surface area contributed by atoms with E-state index in [0.717, 1.165) is 61.8 Å². The molecule has 0 N–H and O–H groups in total. The number of rotatable bonds is 13. The summed E-state index contributed by atoms with van der Waals surface area (Å²) in [5.74, 6) is 0. The number of hydrogen-bond donors (Lipinski definition) is 0. The molecule has 0 amide bonds. The van der Waals surface area contributed by atoms with E-state index in [-0.39, 0.29) is 0 Å². The number of hydrogen-bond acceptors (Lipinski definition) is 3. The van der Waals surface area contributed by atoms with E-state index in [9.17, 15) is 0 Å². The first kappa shape index (κ1) is 82.9. The van der Waals surface area contributed by atoms with Crippen molar-refractivity contribution in [1.29, 1.82) is 0 Å². The lowest BCUT2D eigenvalue weighted by Crippen LogP contribution is -1.93. The van der Waals surface area contributed by atoms with Crippen LogP contribution < -0.4 is 0 Å². The fraction of sp³-hybridized carbons (Fsp3) is 0. The number of benzene rings is 22. The Bertz CT molecular complexity index is 9490. The van der Waals surface area contributed by atoms with Crippen molar-refractivity contribution in [1.82, 2.24) is 28.7 Å². The molecule has 6 nitrogen and oxygen atoms in total. The molecule has 0 atom stereocenters. The lowest BCUT2D eigenvalue weighted by Gasteiger charge is -2.17. The zero-order chi connectivity index (χ0) is 93.2. The molecule has 6 heterocycles. The average Bonchev–Trinajstić information content (AvgIpc) is 1.49. The Morgan fingerprint density at radius 3 is 0.702 bits per heavy atom. The Balaban J connectivity index is 0.000000109. The van der Waals surface area contributed by atoms with Gasteiger partial charge >= 0.3 is 0 Å². The largest absolute Gasteiger partial charge is 0.309 e. The molecule has 22 aromatic carbocycles. The molecule has 658 valence electrons. The summed E-state index contributed by atoms with van der Waals surface area (Å²) in [6.45, 7) is 0. The van der Waals surface area contributed by atoms with Gasteiger partial charge in [-0.25, -0.2) is 0 Å². The lowest BCUT2D eigenvalue weighted by molar-refractivity contribution is 1.18. The number of pyridine rings is 3. The van der Waals surface area contributed by atoms with Crippen molar-refractivity contribution in [3.63, 3.8) is 0 Å². The molecule has 6 heteroatoms. The molecule has 0 fully saturated rings. The van der Waals surface area contributed by atoms with E-state index in [0.29, 0.717) is 0 Å². The van der Waals surface area contributed by atoms with Gasteiger partial charge in [-0.05, 0) is 229 Å². The van der Waals surface area contributed by atoms with Gasteiger partial charge in [0.25, 0.3) is 0 Å². The number of aromatic nitrogens is 6. The van der Waals surface area contributed by atoms with E-state index in [1.54, 1.807) is 0 Å². The molecule has 0 aliphatic rings. The Morgan fingerprint density at radius 1 is 0.128 bits per heavy atom. The van der Waals surface area contributed by atoms with Crippen LogP contribution in [0, 0.1) is 0 Å². The summed E-state index contributed by atoms with van der Waals surface area (Å²) in [7, 11) is 0. The summed E-state index contributed by atoms with van der Waals surface area (Å²) in [5, 5.41) is 22.3.